The van der Waals surface area contributed by atoms with Crippen LogP contribution in [0.15, 0.2) is 36.5 Å². The molecule has 1 aromatic carbocycles. The highest BCUT2D eigenvalue weighted by Gasteiger charge is 2.31. The van der Waals surface area contributed by atoms with E-state index in [0.29, 0.717) is 45.8 Å². The summed E-state index contributed by atoms with van der Waals surface area (Å²) >= 11 is 0. The maximum atomic E-state index is 12.6. The minimum atomic E-state index is -0.445. The van der Waals surface area contributed by atoms with Gasteiger partial charge in [0.2, 0.25) is 11.8 Å². The first-order valence-electron chi connectivity index (χ1n) is 10.8. The van der Waals surface area contributed by atoms with E-state index in [-0.39, 0.29) is 11.8 Å². The largest absolute Gasteiger partial charge is 0.379 e. The van der Waals surface area contributed by atoms with Gasteiger partial charge in [0.1, 0.15) is 11.7 Å². The van der Waals surface area contributed by atoms with Crippen LogP contribution in [-0.2, 0) is 25.5 Å². The molecule has 0 saturated carbocycles. The lowest BCUT2D eigenvalue weighted by atomic mass is 10.0. The zero-order valence-electron chi connectivity index (χ0n) is 17.5. The number of aromatic nitrogens is 2. The Kier molecular flexibility index (Phi) is 6.91. The molecule has 3 N–H and O–H groups in total. The topological polar surface area (TPSA) is 108 Å². The molecule has 1 aliphatic rings. The molecule has 1 aliphatic heterocycles. The summed E-state index contributed by atoms with van der Waals surface area (Å²) in [4.78, 5) is 28.8. The molecule has 0 spiro atoms. The zero-order valence-corrected chi connectivity index (χ0v) is 17.5. The Morgan fingerprint density at radius 1 is 1.10 bits per heavy atom. The molecule has 1 atom stereocenters. The summed E-state index contributed by atoms with van der Waals surface area (Å²) in [6.07, 6.45) is 4.27. The number of ether oxygens (including phenoxy) is 2. The van der Waals surface area contributed by atoms with Gasteiger partial charge in [-0.1, -0.05) is 12.1 Å². The van der Waals surface area contributed by atoms with Crippen LogP contribution in [0.25, 0.3) is 21.9 Å². The standard InChI is InChI=1S/C23H28N4O4/c24-10-13-31-15-14-30-12-3-5-16-4-1-7-18-21(16)17-6-2-11-25-22(17)27(18)19-8-9-20(28)26-23(19)29/h1-2,4,6-7,11,19H,3,5,8-10,12-15,24H2,(H,26,28,29). The highest BCUT2D eigenvalue weighted by molar-refractivity contribution is 6.10. The van der Waals surface area contributed by atoms with Crippen molar-refractivity contribution in [1.29, 1.82) is 0 Å². The van der Waals surface area contributed by atoms with Crippen molar-refractivity contribution >= 4 is 33.8 Å². The van der Waals surface area contributed by atoms with Crippen LogP contribution < -0.4 is 11.1 Å². The van der Waals surface area contributed by atoms with Crippen LogP contribution in [0.3, 0.4) is 0 Å². The van der Waals surface area contributed by atoms with Gasteiger partial charge in [0.05, 0.1) is 25.3 Å². The second-order valence-corrected chi connectivity index (χ2v) is 7.64. The summed E-state index contributed by atoms with van der Waals surface area (Å²) in [5.41, 5.74) is 8.33. The average Bonchev–Trinajstić information content (AvgIpc) is 3.11. The number of hydrogen-bond acceptors (Lipinski definition) is 6. The minimum absolute atomic E-state index is 0.218. The molecular formula is C23H28N4O4. The first-order valence-corrected chi connectivity index (χ1v) is 10.8. The Hall–Kier alpha value is -2.81. The highest BCUT2D eigenvalue weighted by atomic mass is 16.5. The maximum Gasteiger partial charge on any atom is 0.249 e. The normalized spacial score (nSPS) is 16.9. The van der Waals surface area contributed by atoms with E-state index in [1.54, 1.807) is 6.20 Å². The number of benzene rings is 1. The predicted octanol–water partition coefficient (Wildman–Crippen LogP) is 2.09. The van der Waals surface area contributed by atoms with E-state index in [1.807, 2.05) is 28.8 Å². The van der Waals surface area contributed by atoms with E-state index in [2.05, 4.69) is 16.4 Å². The number of imide groups is 1. The number of carbonyl (C=O) groups is 2. The number of amides is 2. The number of nitrogens with one attached hydrogen (secondary N) is 1. The number of nitrogens with two attached hydrogens (primary N) is 1. The molecule has 8 nitrogen and oxygen atoms in total. The molecule has 4 rings (SSSR count). The van der Waals surface area contributed by atoms with Gasteiger partial charge in [-0.3, -0.25) is 14.9 Å². The second-order valence-electron chi connectivity index (χ2n) is 7.64. The number of fused-ring (bicyclic) bond motifs is 3. The molecule has 1 fully saturated rings. The Morgan fingerprint density at radius 3 is 2.74 bits per heavy atom. The van der Waals surface area contributed by atoms with Crippen LogP contribution in [0.1, 0.15) is 30.9 Å². The van der Waals surface area contributed by atoms with Crippen molar-refractivity contribution in [3.05, 3.63) is 42.1 Å². The predicted molar refractivity (Wildman–Crippen MR) is 118 cm³/mol. The zero-order chi connectivity index (χ0) is 21.6. The molecule has 0 aliphatic carbocycles. The average molecular weight is 425 g/mol. The number of pyridine rings is 1. The summed E-state index contributed by atoms with van der Waals surface area (Å²) < 4.78 is 13.0. The third-order valence-electron chi connectivity index (χ3n) is 5.56. The first-order chi connectivity index (χ1) is 15.2. The van der Waals surface area contributed by atoms with Crippen molar-refractivity contribution in [2.24, 2.45) is 5.73 Å². The minimum Gasteiger partial charge on any atom is -0.379 e. The summed E-state index contributed by atoms with van der Waals surface area (Å²) in [7, 11) is 0. The van der Waals surface area contributed by atoms with Crippen LogP contribution in [0.2, 0.25) is 0 Å². The number of hydrogen-bond donors (Lipinski definition) is 2. The molecule has 0 bridgehead atoms. The fraction of sp³-hybridized carbons (Fsp3) is 0.435. The number of nitrogens with zero attached hydrogens (tertiary/aromatic N) is 2. The number of carbonyl (C=O) groups excluding carboxylic acids is 2. The van der Waals surface area contributed by atoms with Crippen molar-refractivity contribution in [2.75, 3.05) is 33.0 Å². The van der Waals surface area contributed by atoms with Crippen LogP contribution in [0.4, 0.5) is 0 Å². The molecule has 1 saturated heterocycles. The van der Waals surface area contributed by atoms with Crippen molar-refractivity contribution in [3.63, 3.8) is 0 Å². The molecule has 8 heteroatoms. The van der Waals surface area contributed by atoms with E-state index in [0.717, 1.165) is 34.8 Å². The molecule has 31 heavy (non-hydrogen) atoms. The van der Waals surface area contributed by atoms with Gasteiger partial charge in [-0.2, -0.15) is 0 Å². The van der Waals surface area contributed by atoms with Crippen molar-refractivity contribution in [1.82, 2.24) is 14.9 Å². The van der Waals surface area contributed by atoms with Crippen molar-refractivity contribution in [3.8, 4) is 0 Å². The first kappa shape index (κ1) is 21.4. The van der Waals surface area contributed by atoms with Crippen molar-refractivity contribution in [2.45, 2.75) is 31.7 Å². The van der Waals surface area contributed by atoms with Gasteiger partial charge < -0.3 is 19.8 Å². The Labute approximate surface area is 180 Å². The summed E-state index contributed by atoms with van der Waals surface area (Å²) in [5, 5.41) is 4.60. The number of aryl methyl sites for hydroxylation is 1. The third-order valence-corrected chi connectivity index (χ3v) is 5.56. The molecule has 0 radical (unpaired) electrons. The van der Waals surface area contributed by atoms with E-state index in [1.165, 1.54) is 5.56 Å². The molecule has 1 unspecified atom stereocenters. The van der Waals surface area contributed by atoms with Crippen molar-refractivity contribution < 1.29 is 19.1 Å². The van der Waals surface area contributed by atoms with Crippen LogP contribution in [0.5, 0.6) is 0 Å². The molecule has 164 valence electrons. The third kappa shape index (κ3) is 4.61. The van der Waals surface area contributed by atoms with Crippen LogP contribution >= 0.6 is 0 Å². The van der Waals surface area contributed by atoms with Gasteiger partial charge in [-0.25, -0.2) is 4.98 Å². The Morgan fingerprint density at radius 2 is 1.94 bits per heavy atom. The van der Waals surface area contributed by atoms with E-state index in [4.69, 9.17) is 15.2 Å². The summed E-state index contributed by atoms with van der Waals surface area (Å²) in [6, 6.07) is 9.67. The van der Waals surface area contributed by atoms with Gasteiger partial charge in [0.25, 0.3) is 0 Å². The number of piperidine rings is 1. The van der Waals surface area contributed by atoms with Gasteiger partial charge in [0.15, 0.2) is 0 Å². The number of rotatable bonds is 10. The van der Waals surface area contributed by atoms with Gasteiger partial charge in [-0.05, 0) is 43.0 Å². The molecule has 2 aromatic heterocycles. The Balaban J connectivity index is 1.56. The highest BCUT2D eigenvalue weighted by Crippen LogP contribution is 2.35. The van der Waals surface area contributed by atoms with E-state index < -0.39 is 6.04 Å². The second kappa shape index (κ2) is 10.00. The lowest BCUT2D eigenvalue weighted by molar-refractivity contribution is -0.135. The van der Waals surface area contributed by atoms with Crippen LogP contribution in [0, 0.1) is 0 Å². The lowest BCUT2D eigenvalue weighted by Gasteiger charge is -2.23. The lowest BCUT2D eigenvalue weighted by Crippen LogP contribution is -2.41. The molecule has 3 heterocycles. The maximum absolute atomic E-state index is 12.6. The quantitative estimate of drug-likeness (QED) is 0.381. The Bertz CT molecular complexity index is 1080. The fourth-order valence-corrected chi connectivity index (χ4v) is 4.22. The van der Waals surface area contributed by atoms with Gasteiger partial charge >= 0.3 is 0 Å². The van der Waals surface area contributed by atoms with Gasteiger partial charge in [-0.15, -0.1) is 0 Å². The monoisotopic (exact) mass is 424 g/mol. The fourth-order valence-electron chi connectivity index (χ4n) is 4.22. The summed E-state index contributed by atoms with van der Waals surface area (Å²) in [5.74, 6) is -0.486. The summed E-state index contributed by atoms with van der Waals surface area (Å²) in [6.45, 7) is 2.83. The van der Waals surface area contributed by atoms with E-state index in [9.17, 15) is 9.59 Å². The molecular weight excluding hydrogens is 396 g/mol. The SMILES string of the molecule is NCCOCCOCCCc1cccc2c1c1cccnc1n2C1CCC(=O)NC1=O. The van der Waals surface area contributed by atoms with Gasteiger partial charge in [0, 0.05) is 36.5 Å². The molecule has 3 aromatic rings. The smallest absolute Gasteiger partial charge is 0.249 e. The van der Waals surface area contributed by atoms with E-state index >= 15 is 0 Å². The molecule has 2 amide bonds. The van der Waals surface area contributed by atoms with Crippen LogP contribution in [-0.4, -0.2) is 54.3 Å².